The summed E-state index contributed by atoms with van der Waals surface area (Å²) in [6.45, 7) is 6.88. The molecule has 2 N–H and O–H groups in total. The van der Waals surface area contributed by atoms with Gasteiger partial charge in [-0.1, -0.05) is 30.3 Å². The lowest BCUT2D eigenvalue weighted by Crippen LogP contribution is -2.40. The molecule has 1 aliphatic heterocycles. The first kappa shape index (κ1) is 21.2. The van der Waals surface area contributed by atoms with E-state index in [4.69, 9.17) is 0 Å². The van der Waals surface area contributed by atoms with E-state index in [9.17, 15) is 8.78 Å². The maximum Gasteiger partial charge on any atom is 0.191 e. The first-order chi connectivity index (χ1) is 14.1. The van der Waals surface area contributed by atoms with Crippen LogP contribution in [0.25, 0.3) is 0 Å². The summed E-state index contributed by atoms with van der Waals surface area (Å²) < 4.78 is 27.1. The van der Waals surface area contributed by atoms with Crippen molar-refractivity contribution >= 4 is 5.96 Å². The lowest BCUT2D eigenvalue weighted by molar-refractivity contribution is 0.328. The average molecular weight is 401 g/mol. The number of nitrogens with zero attached hydrogens (tertiary/aromatic N) is 2. The summed E-state index contributed by atoms with van der Waals surface area (Å²) in [5, 5.41) is 6.54. The number of halogens is 2. The molecule has 2 aromatic rings. The normalized spacial score (nSPS) is 17.5. The van der Waals surface area contributed by atoms with E-state index in [0.717, 1.165) is 51.2 Å². The van der Waals surface area contributed by atoms with Gasteiger partial charge in [-0.2, -0.15) is 0 Å². The van der Waals surface area contributed by atoms with E-state index in [2.05, 4.69) is 44.8 Å². The lowest BCUT2D eigenvalue weighted by Gasteiger charge is -2.17. The highest BCUT2D eigenvalue weighted by Crippen LogP contribution is 2.16. The van der Waals surface area contributed by atoms with E-state index in [-0.39, 0.29) is 12.1 Å². The summed E-state index contributed by atoms with van der Waals surface area (Å²) in [5.74, 6) is 0.311. The van der Waals surface area contributed by atoms with E-state index < -0.39 is 11.6 Å². The quantitative estimate of drug-likeness (QED) is 0.526. The third-order valence-corrected chi connectivity index (χ3v) is 5.25. The zero-order valence-corrected chi connectivity index (χ0v) is 17.0. The fourth-order valence-corrected chi connectivity index (χ4v) is 3.63. The highest BCUT2D eigenvalue weighted by Gasteiger charge is 2.22. The van der Waals surface area contributed by atoms with Crippen molar-refractivity contribution in [1.82, 2.24) is 15.5 Å². The molecule has 0 saturated carbocycles. The molecule has 1 aliphatic rings. The fourth-order valence-electron chi connectivity index (χ4n) is 3.63. The van der Waals surface area contributed by atoms with Crippen molar-refractivity contribution in [2.45, 2.75) is 26.3 Å². The Morgan fingerprint density at radius 3 is 2.76 bits per heavy atom. The van der Waals surface area contributed by atoms with Crippen LogP contribution in [0, 0.1) is 17.6 Å². The van der Waals surface area contributed by atoms with Gasteiger partial charge >= 0.3 is 0 Å². The van der Waals surface area contributed by atoms with Crippen LogP contribution < -0.4 is 10.6 Å². The molecule has 0 amide bonds. The molecule has 1 unspecified atom stereocenters. The van der Waals surface area contributed by atoms with Crippen molar-refractivity contribution in [2.75, 3.05) is 32.7 Å². The molecule has 156 valence electrons. The smallest absolute Gasteiger partial charge is 0.191 e. The maximum atomic E-state index is 13.8. The Bertz CT molecular complexity index is 795. The number of guanidine groups is 1. The van der Waals surface area contributed by atoms with Gasteiger partial charge in [0.1, 0.15) is 11.6 Å². The summed E-state index contributed by atoms with van der Waals surface area (Å²) >= 11 is 0. The Morgan fingerprint density at radius 2 is 1.97 bits per heavy atom. The molecular formula is C23H30F2N4. The number of hydrogen-bond acceptors (Lipinski definition) is 2. The molecule has 0 spiro atoms. The molecule has 0 aliphatic carbocycles. The number of nitrogens with one attached hydrogen (secondary N) is 2. The Labute approximate surface area is 172 Å². The van der Waals surface area contributed by atoms with Gasteiger partial charge < -0.3 is 15.5 Å². The summed E-state index contributed by atoms with van der Waals surface area (Å²) in [6.07, 6.45) is 2.23. The van der Waals surface area contributed by atoms with Gasteiger partial charge in [0, 0.05) is 31.7 Å². The van der Waals surface area contributed by atoms with Crippen molar-refractivity contribution in [3.05, 3.63) is 71.3 Å². The highest BCUT2D eigenvalue weighted by molar-refractivity contribution is 5.79. The maximum absolute atomic E-state index is 13.8. The van der Waals surface area contributed by atoms with Crippen LogP contribution in [0.3, 0.4) is 0 Å². The third-order valence-electron chi connectivity index (χ3n) is 5.25. The van der Waals surface area contributed by atoms with Crippen molar-refractivity contribution in [2.24, 2.45) is 10.9 Å². The van der Waals surface area contributed by atoms with E-state index >= 15 is 0 Å². The predicted molar refractivity (Wildman–Crippen MR) is 114 cm³/mol. The van der Waals surface area contributed by atoms with Crippen LogP contribution in [0.4, 0.5) is 8.78 Å². The predicted octanol–water partition coefficient (Wildman–Crippen LogP) is 3.58. The average Bonchev–Trinajstić information content (AvgIpc) is 3.19. The Hall–Kier alpha value is -2.47. The van der Waals surface area contributed by atoms with Crippen LogP contribution in [0.15, 0.2) is 53.5 Å². The molecule has 1 fully saturated rings. The number of benzene rings is 2. The summed E-state index contributed by atoms with van der Waals surface area (Å²) in [5.41, 5.74) is 1.63. The minimum atomic E-state index is -0.448. The summed E-state index contributed by atoms with van der Waals surface area (Å²) in [4.78, 5) is 6.92. The minimum absolute atomic E-state index is 0.104. The first-order valence-corrected chi connectivity index (χ1v) is 10.4. The van der Waals surface area contributed by atoms with Gasteiger partial charge in [0.2, 0.25) is 0 Å². The molecule has 2 aromatic carbocycles. The van der Waals surface area contributed by atoms with Crippen molar-refractivity contribution in [1.29, 1.82) is 0 Å². The SMILES string of the molecule is CCNC(=NCc1cc(F)ccc1F)NCC1CCN(CCc2ccccc2)C1. The van der Waals surface area contributed by atoms with Crippen molar-refractivity contribution < 1.29 is 8.78 Å². The number of aliphatic imine (C=N–C) groups is 1. The second-order valence-corrected chi connectivity index (χ2v) is 7.50. The Morgan fingerprint density at radius 1 is 1.14 bits per heavy atom. The Balaban J connectivity index is 1.46. The van der Waals surface area contributed by atoms with Gasteiger partial charge in [0.15, 0.2) is 5.96 Å². The molecule has 1 saturated heterocycles. The van der Waals surface area contributed by atoms with Crippen LogP contribution in [0.2, 0.25) is 0 Å². The van der Waals surface area contributed by atoms with Gasteiger partial charge in [-0.05, 0) is 56.0 Å². The highest BCUT2D eigenvalue weighted by atomic mass is 19.1. The lowest BCUT2D eigenvalue weighted by atomic mass is 10.1. The molecule has 29 heavy (non-hydrogen) atoms. The minimum Gasteiger partial charge on any atom is -0.357 e. The number of likely N-dealkylation sites (tertiary alicyclic amines) is 1. The molecule has 1 heterocycles. The molecule has 4 nitrogen and oxygen atoms in total. The van der Waals surface area contributed by atoms with Crippen LogP contribution in [0.1, 0.15) is 24.5 Å². The van der Waals surface area contributed by atoms with Crippen LogP contribution in [-0.4, -0.2) is 43.6 Å². The zero-order valence-electron chi connectivity index (χ0n) is 17.0. The topological polar surface area (TPSA) is 39.7 Å². The van der Waals surface area contributed by atoms with Gasteiger partial charge in [0.25, 0.3) is 0 Å². The molecule has 0 radical (unpaired) electrons. The molecule has 0 aromatic heterocycles. The fraction of sp³-hybridized carbons (Fsp3) is 0.435. The van der Waals surface area contributed by atoms with E-state index in [0.29, 0.717) is 18.4 Å². The van der Waals surface area contributed by atoms with E-state index in [1.165, 1.54) is 11.6 Å². The summed E-state index contributed by atoms with van der Waals surface area (Å²) in [7, 11) is 0. The number of hydrogen-bond donors (Lipinski definition) is 2. The van der Waals surface area contributed by atoms with E-state index in [1.54, 1.807) is 0 Å². The van der Waals surface area contributed by atoms with Gasteiger partial charge in [-0.15, -0.1) is 0 Å². The largest absolute Gasteiger partial charge is 0.357 e. The zero-order chi connectivity index (χ0) is 20.5. The monoisotopic (exact) mass is 400 g/mol. The second-order valence-electron chi connectivity index (χ2n) is 7.50. The van der Waals surface area contributed by atoms with Gasteiger partial charge in [-0.3, -0.25) is 0 Å². The van der Waals surface area contributed by atoms with Crippen LogP contribution >= 0.6 is 0 Å². The van der Waals surface area contributed by atoms with Gasteiger partial charge in [0.05, 0.1) is 6.54 Å². The van der Waals surface area contributed by atoms with Crippen LogP contribution in [0.5, 0.6) is 0 Å². The molecule has 3 rings (SSSR count). The first-order valence-electron chi connectivity index (χ1n) is 10.4. The number of rotatable bonds is 8. The van der Waals surface area contributed by atoms with Crippen molar-refractivity contribution in [3.63, 3.8) is 0 Å². The van der Waals surface area contributed by atoms with Crippen molar-refractivity contribution in [3.8, 4) is 0 Å². The standard InChI is InChI=1S/C23H30F2N4/c1-2-26-23(28-16-20-14-21(24)8-9-22(20)25)27-15-19-11-13-29(17-19)12-10-18-6-4-3-5-7-18/h3-9,14,19H,2,10-13,15-17H2,1H3,(H2,26,27,28). The second kappa shape index (κ2) is 10.9. The molecule has 1 atom stereocenters. The third kappa shape index (κ3) is 6.82. The Kier molecular flexibility index (Phi) is 7.99. The molecular weight excluding hydrogens is 370 g/mol. The molecule has 0 bridgehead atoms. The van der Waals surface area contributed by atoms with E-state index in [1.807, 2.05) is 13.0 Å². The van der Waals surface area contributed by atoms with Gasteiger partial charge in [-0.25, -0.2) is 13.8 Å². The van der Waals surface area contributed by atoms with Crippen LogP contribution in [-0.2, 0) is 13.0 Å². The summed E-state index contributed by atoms with van der Waals surface area (Å²) in [6, 6.07) is 14.0. The molecule has 6 heteroatoms.